The molecule has 122 valence electrons. The number of nitrogens with two attached hydrogens (primary N) is 1. The molecule has 3 rings (SSSR count). The van der Waals surface area contributed by atoms with E-state index in [1.165, 1.54) is 12.8 Å². The van der Waals surface area contributed by atoms with Gasteiger partial charge in [0.1, 0.15) is 0 Å². The van der Waals surface area contributed by atoms with Crippen molar-refractivity contribution in [3.05, 3.63) is 0 Å². The Kier molecular flexibility index (Phi) is 4.27. The summed E-state index contributed by atoms with van der Waals surface area (Å²) in [5.74, 6) is -2.76. The molecule has 2 saturated heterocycles. The van der Waals surface area contributed by atoms with Gasteiger partial charge in [-0.15, -0.1) is 0 Å². The normalized spacial score (nSPS) is 43.4. The van der Waals surface area contributed by atoms with Gasteiger partial charge in [-0.1, -0.05) is 0 Å². The van der Waals surface area contributed by atoms with E-state index in [0.29, 0.717) is 31.0 Å². The number of rotatable bonds is 3. The summed E-state index contributed by atoms with van der Waals surface area (Å²) in [5, 5.41) is 0. The van der Waals surface area contributed by atoms with Gasteiger partial charge in [-0.05, 0) is 52.4 Å². The zero-order valence-corrected chi connectivity index (χ0v) is 13.1. The molecule has 1 saturated carbocycles. The Hall–Kier alpha value is -0.260. The highest BCUT2D eigenvalue weighted by Gasteiger charge is 2.48. The van der Waals surface area contributed by atoms with Crippen LogP contribution >= 0.6 is 0 Å². The number of alkyl halides is 2. The highest BCUT2D eigenvalue weighted by Crippen LogP contribution is 2.40. The van der Waals surface area contributed by atoms with Gasteiger partial charge in [0.25, 0.3) is 5.92 Å². The Morgan fingerprint density at radius 3 is 2.33 bits per heavy atom. The standard InChI is InChI=1S/C16H28F2N2O/c1-10(2)20-11-5-6-12(20)9-13(8-11)21-14-4-3-7-16(17,18)15(14)19/h10-15H,3-9,19H2,1-2H3/t11-,12+,13-,14-,15+/m0/s1. The van der Waals surface area contributed by atoms with Gasteiger partial charge >= 0.3 is 0 Å². The van der Waals surface area contributed by atoms with Crippen LogP contribution < -0.4 is 5.73 Å². The van der Waals surface area contributed by atoms with Crippen molar-refractivity contribution >= 4 is 0 Å². The van der Waals surface area contributed by atoms with Gasteiger partial charge in [-0.25, -0.2) is 8.78 Å². The Labute approximate surface area is 126 Å². The second-order valence-corrected chi connectivity index (χ2v) is 7.37. The summed E-state index contributed by atoms with van der Waals surface area (Å²) < 4.78 is 33.5. The first kappa shape index (κ1) is 15.6. The molecule has 2 bridgehead atoms. The minimum absolute atomic E-state index is 0.0922. The maximum atomic E-state index is 13.7. The predicted octanol–water partition coefficient (Wildman–Crippen LogP) is 2.92. The number of ether oxygens (including phenoxy) is 1. The van der Waals surface area contributed by atoms with Crippen LogP contribution in [0.5, 0.6) is 0 Å². The number of fused-ring (bicyclic) bond motifs is 2. The van der Waals surface area contributed by atoms with Crippen LogP contribution in [0.1, 0.15) is 58.8 Å². The van der Waals surface area contributed by atoms with Gasteiger partial charge in [0.15, 0.2) is 0 Å². The molecule has 3 fully saturated rings. The van der Waals surface area contributed by atoms with Gasteiger partial charge in [0.2, 0.25) is 0 Å². The smallest absolute Gasteiger partial charge is 0.265 e. The minimum Gasteiger partial charge on any atom is -0.373 e. The minimum atomic E-state index is -2.76. The topological polar surface area (TPSA) is 38.5 Å². The van der Waals surface area contributed by atoms with E-state index in [9.17, 15) is 8.78 Å². The summed E-state index contributed by atoms with van der Waals surface area (Å²) in [6, 6.07) is 0.555. The average molecular weight is 302 g/mol. The molecule has 0 aromatic rings. The van der Waals surface area contributed by atoms with Crippen LogP contribution in [0.15, 0.2) is 0 Å². The second-order valence-electron chi connectivity index (χ2n) is 7.37. The number of hydrogen-bond donors (Lipinski definition) is 1. The maximum Gasteiger partial charge on any atom is 0.265 e. The van der Waals surface area contributed by atoms with Crippen LogP contribution in [-0.2, 0) is 4.74 Å². The summed E-state index contributed by atoms with van der Waals surface area (Å²) >= 11 is 0. The molecule has 1 aliphatic carbocycles. The van der Waals surface area contributed by atoms with E-state index in [0.717, 1.165) is 12.8 Å². The molecule has 3 aliphatic rings. The van der Waals surface area contributed by atoms with Crippen LogP contribution in [0, 0.1) is 0 Å². The highest BCUT2D eigenvalue weighted by atomic mass is 19.3. The molecule has 21 heavy (non-hydrogen) atoms. The molecular weight excluding hydrogens is 274 g/mol. The lowest BCUT2D eigenvalue weighted by molar-refractivity contribution is -0.145. The number of piperidine rings is 1. The Bertz CT molecular complexity index is 363. The van der Waals surface area contributed by atoms with Crippen molar-refractivity contribution in [2.45, 2.75) is 101 Å². The molecule has 2 heterocycles. The Balaban J connectivity index is 1.60. The lowest BCUT2D eigenvalue weighted by Gasteiger charge is -2.44. The van der Waals surface area contributed by atoms with E-state index < -0.39 is 18.1 Å². The van der Waals surface area contributed by atoms with Crippen molar-refractivity contribution in [3.63, 3.8) is 0 Å². The molecule has 0 amide bonds. The molecular formula is C16H28F2N2O. The van der Waals surface area contributed by atoms with Crippen molar-refractivity contribution < 1.29 is 13.5 Å². The number of hydrogen-bond acceptors (Lipinski definition) is 3. The molecule has 3 nitrogen and oxygen atoms in total. The molecule has 2 aliphatic heterocycles. The van der Waals surface area contributed by atoms with Crippen LogP contribution in [0.4, 0.5) is 8.78 Å². The van der Waals surface area contributed by atoms with E-state index in [1.54, 1.807) is 0 Å². The predicted molar refractivity (Wildman–Crippen MR) is 78.5 cm³/mol. The van der Waals surface area contributed by atoms with Gasteiger partial charge in [0.05, 0.1) is 18.2 Å². The van der Waals surface area contributed by atoms with Crippen molar-refractivity contribution in [3.8, 4) is 0 Å². The molecule has 5 atom stereocenters. The Morgan fingerprint density at radius 2 is 1.76 bits per heavy atom. The van der Waals surface area contributed by atoms with E-state index in [1.807, 2.05) is 0 Å². The summed E-state index contributed by atoms with van der Waals surface area (Å²) in [6.07, 6.45) is 5.13. The van der Waals surface area contributed by atoms with Gasteiger partial charge in [-0.3, -0.25) is 4.90 Å². The largest absolute Gasteiger partial charge is 0.373 e. The van der Waals surface area contributed by atoms with Crippen molar-refractivity contribution in [1.29, 1.82) is 0 Å². The van der Waals surface area contributed by atoms with Crippen LogP contribution in [-0.4, -0.2) is 47.2 Å². The fraction of sp³-hybridized carbons (Fsp3) is 1.00. The second kappa shape index (κ2) is 5.74. The Morgan fingerprint density at radius 1 is 1.14 bits per heavy atom. The zero-order chi connectivity index (χ0) is 15.2. The monoisotopic (exact) mass is 302 g/mol. The third-order valence-electron chi connectivity index (χ3n) is 5.60. The lowest BCUT2D eigenvalue weighted by Crippen LogP contribution is -2.56. The van der Waals surface area contributed by atoms with Gasteiger partial charge in [-0.2, -0.15) is 0 Å². The molecule has 0 aromatic heterocycles. The van der Waals surface area contributed by atoms with Crippen LogP contribution in [0.3, 0.4) is 0 Å². The van der Waals surface area contributed by atoms with Gasteiger partial charge in [0, 0.05) is 24.5 Å². The highest BCUT2D eigenvalue weighted by molar-refractivity contribution is 4.98. The van der Waals surface area contributed by atoms with Crippen LogP contribution in [0.25, 0.3) is 0 Å². The third kappa shape index (κ3) is 2.97. The summed E-state index contributed by atoms with van der Waals surface area (Å²) in [7, 11) is 0. The first-order valence-electron chi connectivity index (χ1n) is 8.45. The molecule has 0 aromatic carbocycles. The number of halogens is 2. The molecule has 0 spiro atoms. The molecule has 0 unspecified atom stereocenters. The average Bonchev–Trinajstić information content (AvgIpc) is 2.67. The van der Waals surface area contributed by atoms with Crippen molar-refractivity contribution in [2.75, 3.05) is 0 Å². The first-order chi connectivity index (χ1) is 9.88. The quantitative estimate of drug-likeness (QED) is 0.871. The number of nitrogens with zero attached hydrogens (tertiary/aromatic N) is 1. The molecule has 0 radical (unpaired) electrons. The van der Waals surface area contributed by atoms with E-state index in [2.05, 4.69) is 18.7 Å². The summed E-state index contributed by atoms with van der Waals surface area (Å²) in [6.45, 7) is 4.48. The van der Waals surface area contributed by atoms with E-state index >= 15 is 0 Å². The maximum absolute atomic E-state index is 13.7. The first-order valence-corrected chi connectivity index (χ1v) is 8.45. The summed E-state index contributed by atoms with van der Waals surface area (Å²) in [4.78, 5) is 2.59. The van der Waals surface area contributed by atoms with Gasteiger partial charge < -0.3 is 10.5 Å². The zero-order valence-electron chi connectivity index (χ0n) is 13.1. The fourth-order valence-electron chi connectivity index (χ4n) is 4.67. The SMILES string of the molecule is CC(C)N1[C@@H]2CC[C@H]1C[C@H](O[C@H]1CCCC(F)(F)[C@@H]1N)C2. The summed E-state index contributed by atoms with van der Waals surface area (Å²) in [5.41, 5.74) is 5.75. The van der Waals surface area contributed by atoms with Crippen LogP contribution in [0.2, 0.25) is 0 Å². The lowest BCUT2D eigenvalue weighted by atomic mass is 9.88. The van der Waals surface area contributed by atoms with Crippen molar-refractivity contribution in [1.82, 2.24) is 4.90 Å². The van der Waals surface area contributed by atoms with E-state index in [-0.39, 0.29) is 12.5 Å². The van der Waals surface area contributed by atoms with E-state index in [4.69, 9.17) is 10.5 Å². The molecule has 2 N–H and O–H groups in total. The molecule has 5 heteroatoms. The van der Waals surface area contributed by atoms with Crippen molar-refractivity contribution in [2.24, 2.45) is 5.73 Å². The third-order valence-corrected chi connectivity index (χ3v) is 5.60. The fourth-order valence-corrected chi connectivity index (χ4v) is 4.67.